The molecule has 0 saturated heterocycles. The number of rotatable bonds is 4. The molecule has 0 saturated carbocycles. The summed E-state index contributed by atoms with van der Waals surface area (Å²) >= 11 is 12.5. The van der Waals surface area contributed by atoms with Crippen LogP contribution in [0, 0.1) is 5.92 Å². The molecule has 0 bridgehead atoms. The molecule has 2 rings (SSSR count). The Morgan fingerprint density at radius 1 is 1.33 bits per heavy atom. The number of benzene rings is 1. The first-order valence-corrected chi connectivity index (χ1v) is 7.14. The minimum absolute atomic E-state index is 0.113. The van der Waals surface area contributed by atoms with Gasteiger partial charge in [0.2, 0.25) is 0 Å². The van der Waals surface area contributed by atoms with Gasteiger partial charge in [-0.25, -0.2) is 4.98 Å². The number of aromatic nitrogens is 2. The van der Waals surface area contributed by atoms with E-state index in [1.165, 1.54) is 0 Å². The molecule has 2 unspecified atom stereocenters. The molecular formula is C14H18Cl2N2. The van der Waals surface area contributed by atoms with Crippen molar-refractivity contribution >= 4 is 34.2 Å². The van der Waals surface area contributed by atoms with E-state index in [9.17, 15) is 0 Å². The maximum absolute atomic E-state index is 6.30. The van der Waals surface area contributed by atoms with Crippen LogP contribution >= 0.6 is 23.2 Å². The summed E-state index contributed by atoms with van der Waals surface area (Å²) in [5, 5.41) is 0.629. The summed E-state index contributed by atoms with van der Waals surface area (Å²) < 4.78 is 2.17. The van der Waals surface area contributed by atoms with E-state index in [-0.39, 0.29) is 5.38 Å². The van der Waals surface area contributed by atoms with E-state index in [1.807, 2.05) is 25.1 Å². The van der Waals surface area contributed by atoms with Crippen molar-refractivity contribution in [1.29, 1.82) is 0 Å². The molecule has 2 atom stereocenters. The third-order valence-electron chi connectivity index (χ3n) is 3.29. The van der Waals surface area contributed by atoms with E-state index in [1.54, 1.807) is 0 Å². The van der Waals surface area contributed by atoms with Gasteiger partial charge in [0.25, 0.3) is 0 Å². The average molecular weight is 285 g/mol. The molecular weight excluding hydrogens is 267 g/mol. The lowest BCUT2D eigenvalue weighted by Crippen LogP contribution is -2.10. The van der Waals surface area contributed by atoms with Crippen LogP contribution in [0.3, 0.4) is 0 Å². The SMILES string of the molecule is CCC(C)Cn1c(C(C)Cl)nc2cccc(Cl)c21. The second kappa shape index (κ2) is 5.50. The van der Waals surface area contributed by atoms with E-state index in [0.717, 1.165) is 34.8 Å². The fraction of sp³-hybridized carbons (Fsp3) is 0.500. The minimum atomic E-state index is -0.113. The van der Waals surface area contributed by atoms with Gasteiger partial charge in [-0.1, -0.05) is 37.9 Å². The van der Waals surface area contributed by atoms with Crippen LogP contribution in [0.5, 0.6) is 0 Å². The number of nitrogens with zero attached hydrogens (tertiary/aromatic N) is 2. The Labute approximate surface area is 118 Å². The Kier molecular flexibility index (Phi) is 4.18. The molecule has 1 aromatic heterocycles. The number of alkyl halides is 1. The summed E-state index contributed by atoms with van der Waals surface area (Å²) in [5.41, 5.74) is 1.93. The van der Waals surface area contributed by atoms with E-state index in [0.29, 0.717) is 5.92 Å². The number of para-hydroxylation sites is 1. The van der Waals surface area contributed by atoms with Crippen molar-refractivity contribution in [2.24, 2.45) is 5.92 Å². The third kappa shape index (κ3) is 2.50. The van der Waals surface area contributed by atoms with Gasteiger partial charge in [0, 0.05) is 6.54 Å². The van der Waals surface area contributed by atoms with Gasteiger partial charge in [0.05, 0.1) is 21.4 Å². The van der Waals surface area contributed by atoms with Crippen molar-refractivity contribution in [2.45, 2.75) is 39.1 Å². The summed E-state index contributed by atoms with van der Waals surface area (Å²) in [6.07, 6.45) is 1.13. The molecule has 18 heavy (non-hydrogen) atoms. The Hall–Kier alpha value is -0.730. The van der Waals surface area contributed by atoms with Gasteiger partial charge in [0.15, 0.2) is 0 Å². The lowest BCUT2D eigenvalue weighted by atomic mass is 10.1. The number of hydrogen-bond acceptors (Lipinski definition) is 1. The van der Waals surface area contributed by atoms with E-state index in [2.05, 4.69) is 23.4 Å². The standard InChI is InChI=1S/C14H18Cl2N2/c1-4-9(2)8-18-13-11(16)6-5-7-12(13)17-14(18)10(3)15/h5-7,9-10H,4,8H2,1-3H3. The second-order valence-corrected chi connectivity index (χ2v) is 5.88. The topological polar surface area (TPSA) is 17.8 Å². The molecule has 1 heterocycles. The molecule has 4 heteroatoms. The highest BCUT2D eigenvalue weighted by Gasteiger charge is 2.17. The molecule has 0 N–H and O–H groups in total. The molecule has 0 fully saturated rings. The fourth-order valence-electron chi connectivity index (χ4n) is 2.09. The number of imidazole rings is 1. The van der Waals surface area contributed by atoms with Gasteiger partial charge in [-0.3, -0.25) is 0 Å². The van der Waals surface area contributed by atoms with Crippen molar-refractivity contribution < 1.29 is 0 Å². The van der Waals surface area contributed by atoms with Gasteiger partial charge in [-0.05, 0) is 25.0 Å². The predicted molar refractivity (Wildman–Crippen MR) is 78.5 cm³/mol. The zero-order valence-electron chi connectivity index (χ0n) is 11.0. The Morgan fingerprint density at radius 3 is 2.67 bits per heavy atom. The molecule has 0 radical (unpaired) electrons. The normalized spacial score (nSPS) is 14.9. The van der Waals surface area contributed by atoms with Crippen LogP contribution in [-0.4, -0.2) is 9.55 Å². The summed E-state index contributed by atoms with van der Waals surface area (Å²) in [7, 11) is 0. The number of fused-ring (bicyclic) bond motifs is 1. The molecule has 2 nitrogen and oxygen atoms in total. The minimum Gasteiger partial charge on any atom is -0.325 e. The van der Waals surface area contributed by atoms with Crippen LogP contribution in [0.1, 0.15) is 38.4 Å². The molecule has 0 aliphatic carbocycles. The average Bonchev–Trinajstić information content (AvgIpc) is 2.69. The van der Waals surface area contributed by atoms with Gasteiger partial charge >= 0.3 is 0 Å². The molecule has 2 aromatic rings. The van der Waals surface area contributed by atoms with Crippen LogP contribution < -0.4 is 0 Å². The first-order chi connectivity index (χ1) is 8.54. The van der Waals surface area contributed by atoms with E-state index >= 15 is 0 Å². The Balaban J connectivity index is 2.61. The largest absolute Gasteiger partial charge is 0.325 e. The lowest BCUT2D eigenvalue weighted by molar-refractivity contribution is 0.465. The number of halogens is 2. The summed E-state index contributed by atoms with van der Waals surface area (Å²) in [5.74, 6) is 1.48. The van der Waals surface area contributed by atoms with Crippen molar-refractivity contribution in [3.8, 4) is 0 Å². The van der Waals surface area contributed by atoms with Crippen LogP contribution in [0.4, 0.5) is 0 Å². The molecule has 0 aliphatic heterocycles. The Morgan fingerprint density at radius 2 is 2.06 bits per heavy atom. The van der Waals surface area contributed by atoms with Crippen LogP contribution in [-0.2, 0) is 6.54 Å². The first-order valence-electron chi connectivity index (χ1n) is 6.33. The maximum Gasteiger partial charge on any atom is 0.127 e. The van der Waals surface area contributed by atoms with Gasteiger partial charge in [-0.2, -0.15) is 0 Å². The fourth-order valence-corrected chi connectivity index (χ4v) is 2.53. The number of hydrogen-bond donors (Lipinski definition) is 0. The zero-order chi connectivity index (χ0) is 13.3. The molecule has 0 spiro atoms. The van der Waals surface area contributed by atoms with Crippen LogP contribution in [0.2, 0.25) is 5.02 Å². The summed E-state index contributed by atoms with van der Waals surface area (Å²) in [4.78, 5) is 4.61. The zero-order valence-corrected chi connectivity index (χ0v) is 12.5. The predicted octanol–water partition coefficient (Wildman–Crippen LogP) is 5.04. The third-order valence-corrected chi connectivity index (χ3v) is 3.79. The van der Waals surface area contributed by atoms with E-state index < -0.39 is 0 Å². The highest BCUT2D eigenvalue weighted by Crippen LogP contribution is 2.30. The van der Waals surface area contributed by atoms with Gasteiger partial charge < -0.3 is 4.57 Å². The first kappa shape index (κ1) is 13.7. The van der Waals surface area contributed by atoms with Gasteiger partial charge in [0.1, 0.15) is 5.82 Å². The molecule has 0 amide bonds. The van der Waals surface area contributed by atoms with Crippen molar-refractivity contribution in [3.63, 3.8) is 0 Å². The second-order valence-electron chi connectivity index (χ2n) is 4.82. The highest BCUT2D eigenvalue weighted by atomic mass is 35.5. The monoisotopic (exact) mass is 284 g/mol. The summed E-state index contributed by atoms with van der Waals surface area (Å²) in [6.45, 7) is 7.27. The van der Waals surface area contributed by atoms with Crippen LogP contribution in [0.25, 0.3) is 11.0 Å². The summed E-state index contributed by atoms with van der Waals surface area (Å²) in [6, 6.07) is 5.81. The maximum atomic E-state index is 6.30. The quantitative estimate of drug-likeness (QED) is 0.720. The van der Waals surface area contributed by atoms with Crippen molar-refractivity contribution in [1.82, 2.24) is 9.55 Å². The lowest BCUT2D eigenvalue weighted by Gasteiger charge is -2.15. The van der Waals surface area contributed by atoms with Crippen molar-refractivity contribution in [2.75, 3.05) is 0 Å². The molecule has 98 valence electrons. The molecule has 0 aliphatic rings. The van der Waals surface area contributed by atoms with Crippen molar-refractivity contribution in [3.05, 3.63) is 29.0 Å². The Bertz CT molecular complexity index is 546. The smallest absolute Gasteiger partial charge is 0.127 e. The van der Waals surface area contributed by atoms with Gasteiger partial charge in [-0.15, -0.1) is 11.6 Å². The molecule has 1 aromatic carbocycles. The van der Waals surface area contributed by atoms with Crippen LogP contribution in [0.15, 0.2) is 18.2 Å². The highest BCUT2D eigenvalue weighted by molar-refractivity contribution is 6.35. The van der Waals surface area contributed by atoms with E-state index in [4.69, 9.17) is 23.2 Å².